The molecule has 0 N–H and O–H groups in total. The zero-order valence-corrected chi connectivity index (χ0v) is 5.64. The Morgan fingerprint density at radius 3 is 0.500 bits per heavy atom. The third kappa shape index (κ3) is 8.99. The molecule has 0 aliphatic rings. The molecule has 0 atom stereocenters. The summed E-state index contributed by atoms with van der Waals surface area (Å²) in [6.07, 6.45) is 0. The van der Waals surface area contributed by atoms with Crippen LogP contribution in [-0.4, -0.2) is 17.4 Å². The molecule has 0 nitrogen and oxygen atoms in total. The first-order valence-electron chi connectivity index (χ1n) is 0. The summed E-state index contributed by atoms with van der Waals surface area (Å²) in [5.41, 5.74) is 0. The van der Waals surface area contributed by atoms with Crippen LogP contribution in [-0.2, 0) is 49.5 Å². The number of hydrogen-bond acceptors (Lipinski definition) is 0. The van der Waals surface area contributed by atoms with Crippen LogP contribution in [0.2, 0.25) is 0 Å². The predicted molar refractivity (Wildman–Crippen MR) is 5.75 cm³/mol. The van der Waals surface area contributed by atoms with Crippen LogP contribution in [0.1, 0.15) is 0 Å². The van der Waals surface area contributed by atoms with Gasteiger partial charge in [0.15, 0.2) is 0 Å². The van der Waals surface area contributed by atoms with Gasteiger partial charge in [0.1, 0.15) is 0 Å². The van der Waals surface area contributed by atoms with Crippen molar-refractivity contribution in [2.45, 2.75) is 0 Å². The minimum Gasteiger partial charge on any atom is -1.00 e. The van der Waals surface area contributed by atoms with Gasteiger partial charge in [0, 0.05) is 0 Å². The average Bonchev–Trinajstić information content (AvgIpc) is 0. The van der Waals surface area contributed by atoms with Crippen LogP contribution >= 0.6 is 0 Å². The van der Waals surface area contributed by atoms with E-state index in [1.807, 2.05) is 0 Å². The second-order valence-corrected chi connectivity index (χ2v) is 0. The summed E-state index contributed by atoms with van der Waals surface area (Å²) < 4.78 is 0. The van der Waals surface area contributed by atoms with Crippen molar-refractivity contribution in [3.05, 3.63) is 0 Å². The van der Waals surface area contributed by atoms with Gasteiger partial charge in [0.25, 0.3) is 0 Å². The third-order valence-electron chi connectivity index (χ3n) is 0. The molecular formula is AlNi3. The van der Waals surface area contributed by atoms with Gasteiger partial charge in [-0.15, -0.1) is 0 Å². The topological polar surface area (TPSA) is 0 Å². The first-order valence-corrected chi connectivity index (χ1v) is 0. The van der Waals surface area contributed by atoms with Crippen molar-refractivity contribution < 1.29 is 49.5 Å². The molecule has 0 aromatic carbocycles. The average molecular weight is 203 g/mol. The Bertz CT molecular complexity index is 3.25. The minimum atomic E-state index is 0. The SMILES string of the molecule is [Al+3].[Ni-].[Ni-].[Ni-]. The van der Waals surface area contributed by atoms with E-state index in [2.05, 4.69) is 0 Å². The third-order valence-corrected chi connectivity index (χ3v) is 0. The molecule has 3 radical (unpaired) electrons. The van der Waals surface area contributed by atoms with E-state index in [4.69, 9.17) is 0 Å². The van der Waals surface area contributed by atoms with Crippen LogP contribution in [0.15, 0.2) is 0 Å². The van der Waals surface area contributed by atoms with E-state index < -0.39 is 0 Å². The van der Waals surface area contributed by atoms with Crippen LogP contribution < -0.4 is 0 Å². The van der Waals surface area contributed by atoms with Crippen molar-refractivity contribution in [1.29, 1.82) is 0 Å². The Labute approximate surface area is 66.4 Å². The van der Waals surface area contributed by atoms with E-state index in [1.54, 1.807) is 0 Å². The normalized spacial score (nSPS) is 0. The molecule has 33 valence electrons. The second kappa shape index (κ2) is 19.9. The fourth-order valence-electron chi connectivity index (χ4n) is 0. The summed E-state index contributed by atoms with van der Waals surface area (Å²) in [4.78, 5) is 0. The first-order chi connectivity index (χ1) is 0. The summed E-state index contributed by atoms with van der Waals surface area (Å²) in [6, 6.07) is 0. The Morgan fingerprint density at radius 1 is 0.500 bits per heavy atom. The zero-order chi connectivity index (χ0) is 0. The minimum absolute atomic E-state index is 0. The molecule has 4 heteroatoms. The van der Waals surface area contributed by atoms with Gasteiger partial charge in [-0.1, -0.05) is 0 Å². The van der Waals surface area contributed by atoms with Crippen molar-refractivity contribution >= 4 is 17.4 Å². The summed E-state index contributed by atoms with van der Waals surface area (Å²) in [5.74, 6) is 0. The molecule has 0 aromatic heterocycles. The molecule has 0 heterocycles. The maximum Gasteiger partial charge on any atom is 3.00 e. The predicted octanol–water partition coefficient (Wildman–Crippen LogP) is -0.388. The van der Waals surface area contributed by atoms with Crippen LogP contribution in [0.4, 0.5) is 0 Å². The van der Waals surface area contributed by atoms with Gasteiger partial charge in [-0.3, -0.25) is 0 Å². The molecular weight excluding hydrogens is 203 g/mol. The Kier molecular flexibility index (Phi) is 186. The van der Waals surface area contributed by atoms with Gasteiger partial charge < -0.3 is 49.5 Å². The molecule has 0 unspecified atom stereocenters. The second-order valence-electron chi connectivity index (χ2n) is 0. The molecule has 0 amide bonds. The Morgan fingerprint density at radius 2 is 0.500 bits per heavy atom. The fraction of sp³-hybridized carbons (Fsp3) is 0. The largest absolute Gasteiger partial charge is 3.00 e. The number of hydrogen-bond donors (Lipinski definition) is 0. The quantitative estimate of drug-likeness (QED) is 0.470. The maximum atomic E-state index is 0. The summed E-state index contributed by atoms with van der Waals surface area (Å²) in [6.45, 7) is 0. The standard InChI is InChI=1S/Al.3Ni/q+3;3*-1. The molecule has 4 heavy (non-hydrogen) atoms. The Balaban J connectivity index is 0. The van der Waals surface area contributed by atoms with Gasteiger partial charge in [0.05, 0.1) is 0 Å². The van der Waals surface area contributed by atoms with Gasteiger partial charge >= 0.3 is 17.4 Å². The van der Waals surface area contributed by atoms with Crippen molar-refractivity contribution in [3.63, 3.8) is 0 Å². The number of rotatable bonds is 0. The van der Waals surface area contributed by atoms with E-state index >= 15 is 0 Å². The van der Waals surface area contributed by atoms with E-state index in [-0.39, 0.29) is 66.8 Å². The molecule has 0 fully saturated rings. The van der Waals surface area contributed by atoms with Crippen molar-refractivity contribution in [2.24, 2.45) is 0 Å². The van der Waals surface area contributed by atoms with Crippen molar-refractivity contribution in [1.82, 2.24) is 0 Å². The smallest absolute Gasteiger partial charge is 1.00 e. The molecule has 0 saturated heterocycles. The molecule has 0 aliphatic heterocycles. The van der Waals surface area contributed by atoms with Gasteiger partial charge in [-0.2, -0.15) is 0 Å². The first kappa shape index (κ1) is 37.3. The van der Waals surface area contributed by atoms with E-state index in [0.29, 0.717) is 0 Å². The van der Waals surface area contributed by atoms with E-state index in [1.165, 1.54) is 0 Å². The monoisotopic (exact) mass is 201 g/mol. The van der Waals surface area contributed by atoms with E-state index in [0.717, 1.165) is 0 Å². The van der Waals surface area contributed by atoms with Gasteiger partial charge in [-0.05, 0) is 0 Å². The van der Waals surface area contributed by atoms with E-state index in [9.17, 15) is 0 Å². The van der Waals surface area contributed by atoms with Crippen LogP contribution in [0.25, 0.3) is 0 Å². The molecule has 0 rings (SSSR count). The van der Waals surface area contributed by atoms with Crippen LogP contribution in [0, 0.1) is 0 Å². The van der Waals surface area contributed by atoms with Crippen molar-refractivity contribution in [2.75, 3.05) is 0 Å². The molecule has 0 saturated carbocycles. The van der Waals surface area contributed by atoms with Crippen molar-refractivity contribution in [3.8, 4) is 0 Å². The molecule has 0 spiro atoms. The maximum absolute atomic E-state index is 0. The molecule has 0 aromatic rings. The summed E-state index contributed by atoms with van der Waals surface area (Å²) in [7, 11) is 0. The molecule has 0 aliphatic carbocycles. The summed E-state index contributed by atoms with van der Waals surface area (Å²) >= 11 is 0. The molecule has 0 bridgehead atoms. The summed E-state index contributed by atoms with van der Waals surface area (Å²) in [5, 5.41) is 0. The van der Waals surface area contributed by atoms with Crippen LogP contribution in [0.5, 0.6) is 0 Å². The van der Waals surface area contributed by atoms with Gasteiger partial charge in [0.2, 0.25) is 0 Å². The van der Waals surface area contributed by atoms with Crippen LogP contribution in [0.3, 0.4) is 0 Å². The van der Waals surface area contributed by atoms with Gasteiger partial charge in [-0.25, -0.2) is 0 Å². The zero-order valence-electron chi connectivity index (χ0n) is 1.53. The Hall–Kier alpha value is 2.01. The fourth-order valence-corrected chi connectivity index (χ4v) is 0.